The van der Waals surface area contributed by atoms with E-state index in [4.69, 9.17) is 18.9 Å². The van der Waals surface area contributed by atoms with Crippen LogP contribution in [-0.4, -0.2) is 76.2 Å². The molecule has 1 heterocycles. The lowest BCUT2D eigenvalue weighted by molar-refractivity contribution is -0.150. The number of carbonyl (C=O) groups excluding carboxylic acids is 2. The van der Waals surface area contributed by atoms with Gasteiger partial charge in [-0.2, -0.15) is 0 Å². The van der Waals surface area contributed by atoms with E-state index in [0.717, 1.165) is 11.1 Å². The Kier molecular flexibility index (Phi) is 7.81. The average Bonchev–Trinajstić information content (AvgIpc) is 2.82. The second-order valence-electron chi connectivity index (χ2n) is 7.51. The van der Waals surface area contributed by atoms with Crippen LogP contribution >= 0.6 is 0 Å². The molecule has 2 aromatic rings. The van der Waals surface area contributed by atoms with E-state index in [1.807, 2.05) is 36.4 Å². The molecule has 1 saturated heterocycles. The summed E-state index contributed by atoms with van der Waals surface area (Å²) in [6.07, 6.45) is 1.26. The van der Waals surface area contributed by atoms with E-state index < -0.39 is 0 Å². The molecule has 32 heavy (non-hydrogen) atoms. The topological polar surface area (TPSA) is 77.5 Å². The summed E-state index contributed by atoms with van der Waals surface area (Å²) in [6.45, 7) is 1.14. The third-order valence-corrected chi connectivity index (χ3v) is 5.59. The second-order valence-corrected chi connectivity index (χ2v) is 7.51. The van der Waals surface area contributed by atoms with Crippen molar-refractivity contribution in [2.45, 2.75) is 12.8 Å². The number of piperazine rings is 1. The summed E-state index contributed by atoms with van der Waals surface area (Å²) in [5.74, 6) is 2.52. The highest BCUT2D eigenvalue weighted by molar-refractivity contribution is 5.92. The van der Waals surface area contributed by atoms with Gasteiger partial charge in [-0.3, -0.25) is 9.59 Å². The number of ether oxygens (including phenoxy) is 4. The van der Waals surface area contributed by atoms with Gasteiger partial charge in [-0.1, -0.05) is 12.1 Å². The first kappa shape index (κ1) is 23.2. The summed E-state index contributed by atoms with van der Waals surface area (Å²) < 4.78 is 21.2. The molecule has 0 spiro atoms. The quantitative estimate of drug-likeness (QED) is 0.561. The van der Waals surface area contributed by atoms with Gasteiger partial charge < -0.3 is 28.7 Å². The molecule has 0 unspecified atom stereocenters. The van der Waals surface area contributed by atoms with Crippen molar-refractivity contribution >= 4 is 11.8 Å². The molecular formula is C24H30N2O6. The van der Waals surface area contributed by atoms with Crippen LogP contribution < -0.4 is 18.9 Å². The molecule has 0 aromatic heterocycles. The minimum absolute atomic E-state index is 0.0441. The minimum Gasteiger partial charge on any atom is -0.493 e. The summed E-state index contributed by atoms with van der Waals surface area (Å²) >= 11 is 0. The molecule has 2 aromatic carbocycles. The van der Waals surface area contributed by atoms with Crippen LogP contribution in [0.15, 0.2) is 36.4 Å². The Labute approximate surface area is 188 Å². The zero-order valence-electron chi connectivity index (χ0n) is 19.1. The second kappa shape index (κ2) is 10.7. The van der Waals surface area contributed by atoms with Crippen LogP contribution in [0.4, 0.5) is 0 Å². The van der Waals surface area contributed by atoms with Crippen molar-refractivity contribution in [3.8, 4) is 23.0 Å². The maximum atomic E-state index is 12.6. The molecule has 172 valence electrons. The summed E-state index contributed by atoms with van der Waals surface area (Å²) in [5.41, 5.74) is 2.03. The summed E-state index contributed by atoms with van der Waals surface area (Å²) in [7, 11) is 6.36. The molecule has 0 aliphatic carbocycles. The Hall–Kier alpha value is -3.42. The highest BCUT2D eigenvalue weighted by Gasteiger charge is 2.29. The molecule has 0 bridgehead atoms. The minimum atomic E-state index is -0.0441. The monoisotopic (exact) mass is 442 g/mol. The first-order chi connectivity index (χ1) is 15.5. The Morgan fingerprint density at radius 2 is 1.00 bits per heavy atom. The Morgan fingerprint density at radius 3 is 1.34 bits per heavy atom. The zero-order chi connectivity index (χ0) is 23.1. The van der Waals surface area contributed by atoms with E-state index in [2.05, 4.69) is 0 Å². The van der Waals surface area contributed by atoms with Gasteiger partial charge in [0.2, 0.25) is 11.8 Å². The fourth-order valence-electron chi connectivity index (χ4n) is 3.71. The molecule has 0 atom stereocenters. The summed E-state index contributed by atoms with van der Waals surface area (Å²) in [4.78, 5) is 28.5. The smallest absolute Gasteiger partial charge is 0.242 e. The van der Waals surface area contributed by atoms with Gasteiger partial charge in [-0.15, -0.1) is 0 Å². The van der Waals surface area contributed by atoms with E-state index >= 15 is 0 Å². The third-order valence-electron chi connectivity index (χ3n) is 5.59. The molecule has 1 aliphatic heterocycles. The van der Waals surface area contributed by atoms with Crippen LogP contribution in [-0.2, 0) is 22.4 Å². The van der Waals surface area contributed by atoms with Crippen molar-refractivity contribution in [2.24, 2.45) is 0 Å². The standard InChI is InChI=1S/C24H30N2O6/c1-29-19-7-5-17(13-21(19)31-3)9-11-25-15-24(28)26(16-23(25)27)12-10-18-6-8-20(30-2)22(14-18)32-4/h5-8,13-14H,9-12,15-16H2,1-4H3. The molecule has 2 amide bonds. The zero-order valence-corrected chi connectivity index (χ0v) is 19.1. The van der Waals surface area contributed by atoms with Crippen molar-refractivity contribution in [1.82, 2.24) is 9.80 Å². The van der Waals surface area contributed by atoms with Gasteiger partial charge in [0.1, 0.15) is 0 Å². The Morgan fingerprint density at radius 1 is 0.625 bits per heavy atom. The summed E-state index contributed by atoms with van der Waals surface area (Å²) in [5, 5.41) is 0. The van der Waals surface area contributed by atoms with Crippen LogP contribution in [0.1, 0.15) is 11.1 Å². The fraction of sp³-hybridized carbons (Fsp3) is 0.417. The van der Waals surface area contributed by atoms with Crippen molar-refractivity contribution in [2.75, 3.05) is 54.6 Å². The lowest BCUT2D eigenvalue weighted by atomic mass is 10.1. The predicted octanol–water partition coefficient (Wildman–Crippen LogP) is 2.18. The van der Waals surface area contributed by atoms with E-state index in [0.29, 0.717) is 48.9 Å². The van der Waals surface area contributed by atoms with Crippen LogP contribution in [0.2, 0.25) is 0 Å². The lowest BCUT2D eigenvalue weighted by Crippen LogP contribution is -2.54. The van der Waals surface area contributed by atoms with Crippen LogP contribution in [0.5, 0.6) is 23.0 Å². The van der Waals surface area contributed by atoms with E-state index in [1.54, 1.807) is 38.2 Å². The van der Waals surface area contributed by atoms with Gasteiger partial charge in [-0.25, -0.2) is 0 Å². The highest BCUT2D eigenvalue weighted by atomic mass is 16.5. The third kappa shape index (κ3) is 5.43. The number of hydrogen-bond acceptors (Lipinski definition) is 6. The predicted molar refractivity (Wildman–Crippen MR) is 120 cm³/mol. The van der Waals surface area contributed by atoms with Crippen LogP contribution in [0.25, 0.3) is 0 Å². The molecule has 1 fully saturated rings. The lowest BCUT2D eigenvalue weighted by Gasteiger charge is -2.34. The molecule has 0 saturated carbocycles. The fourth-order valence-corrected chi connectivity index (χ4v) is 3.71. The van der Waals surface area contributed by atoms with Gasteiger partial charge in [0.15, 0.2) is 23.0 Å². The maximum Gasteiger partial charge on any atom is 0.242 e. The number of amides is 2. The van der Waals surface area contributed by atoms with Gasteiger partial charge >= 0.3 is 0 Å². The molecule has 1 aliphatic rings. The molecule has 0 N–H and O–H groups in total. The van der Waals surface area contributed by atoms with E-state index in [-0.39, 0.29) is 24.9 Å². The van der Waals surface area contributed by atoms with Crippen LogP contribution in [0, 0.1) is 0 Å². The molecule has 8 nitrogen and oxygen atoms in total. The number of benzene rings is 2. The van der Waals surface area contributed by atoms with E-state index in [1.165, 1.54) is 0 Å². The molecular weight excluding hydrogens is 412 g/mol. The summed E-state index contributed by atoms with van der Waals surface area (Å²) in [6, 6.07) is 11.3. The van der Waals surface area contributed by atoms with Crippen molar-refractivity contribution < 1.29 is 28.5 Å². The van der Waals surface area contributed by atoms with Crippen molar-refractivity contribution in [3.63, 3.8) is 0 Å². The molecule has 3 rings (SSSR count). The number of rotatable bonds is 10. The van der Waals surface area contributed by atoms with Gasteiger partial charge in [-0.05, 0) is 48.2 Å². The van der Waals surface area contributed by atoms with Gasteiger partial charge in [0, 0.05) is 13.1 Å². The Balaban J connectivity index is 1.54. The number of carbonyl (C=O) groups is 2. The van der Waals surface area contributed by atoms with Crippen molar-refractivity contribution in [3.05, 3.63) is 47.5 Å². The average molecular weight is 443 g/mol. The van der Waals surface area contributed by atoms with Gasteiger partial charge in [0.25, 0.3) is 0 Å². The number of hydrogen-bond donors (Lipinski definition) is 0. The first-order valence-corrected chi connectivity index (χ1v) is 10.5. The van der Waals surface area contributed by atoms with Crippen molar-refractivity contribution in [1.29, 1.82) is 0 Å². The molecule has 0 radical (unpaired) electrons. The highest BCUT2D eigenvalue weighted by Crippen LogP contribution is 2.29. The van der Waals surface area contributed by atoms with Crippen LogP contribution in [0.3, 0.4) is 0 Å². The number of methoxy groups -OCH3 is 4. The largest absolute Gasteiger partial charge is 0.493 e. The SMILES string of the molecule is COc1ccc(CCN2CC(=O)N(CCc3ccc(OC)c(OC)c3)CC2=O)cc1OC. The number of nitrogens with zero attached hydrogens (tertiary/aromatic N) is 2. The normalized spacial score (nSPS) is 13.9. The maximum absolute atomic E-state index is 12.6. The molecule has 8 heteroatoms. The Bertz CT molecular complexity index is 884. The first-order valence-electron chi connectivity index (χ1n) is 10.5. The van der Waals surface area contributed by atoms with Gasteiger partial charge in [0.05, 0.1) is 41.5 Å². The van der Waals surface area contributed by atoms with E-state index in [9.17, 15) is 9.59 Å².